The number of primary amides is 1. The van der Waals surface area contributed by atoms with Gasteiger partial charge < -0.3 is 16.0 Å². The molecule has 1 rings (SSSR count). The van der Waals surface area contributed by atoms with Crippen molar-refractivity contribution in [3.8, 4) is 0 Å². The number of carbonyl (C=O) groups is 1. The first-order chi connectivity index (χ1) is 8.24. The normalized spacial score (nSPS) is 16.6. The lowest BCUT2D eigenvalue weighted by Gasteiger charge is -2.30. The third-order valence-corrected chi connectivity index (χ3v) is 3.35. The number of imidazole rings is 1. The van der Waals surface area contributed by atoms with Crippen LogP contribution in [0.4, 0.5) is 0 Å². The van der Waals surface area contributed by atoms with Gasteiger partial charge in [-0.15, -0.1) is 0 Å². The molecule has 6 heteroatoms. The van der Waals surface area contributed by atoms with Gasteiger partial charge in [-0.3, -0.25) is 9.69 Å². The Labute approximate surface area is 108 Å². The average molecular weight is 253 g/mol. The maximum absolute atomic E-state index is 11.2. The molecule has 2 unspecified atom stereocenters. The highest BCUT2D eigenvalue weighted by Gasteiger charge is 2.29. The highest BCUT2D eigenvalue weighted by atomic mass is 16.1. The zero-order valence-electron chi connectivity index (χ0n) is 11.6. The van der Waals surface area contributed by atoms with Crippen molar-refractivity contribution in [2.24, 2.45) is 18.5 Å². The molecule has 1 aromatic rings. The van der Waals surface area contributed by atoms with Gasteiger partial charge in [0, 0.05) is 25.5 Å². The Morgan fingerprint density at radius 1 is 1.67 bits per heavy atom. The standard InChI is InChI=1S/C12H23N5O/c1-9(7-12(2,14)11(13)18)17(4)8-10-15-5-6-16(10)3/h5-6,9H,7-8,14H2,1-4H3,(H2,13,18). The fourth-order valence-corrected chi connectivity index (χ4v) is 1.80. The van der Waals surface area contributed by atoms with Gasteiger partial charge in [-0.2, -0.15) is 0 Å². The van der Waals surface area contributed by atoms with Gasteiger partial charge >= 0.3 is 0 Å². The van der Waals surface area contributed by atoms with Crippen LogP contribution in [0.5, 0.6) is 0 Å². The second kappa shape index (κ2) is 5.49. The van der Waals surface area contributed by atoms with E-state index in [-0.39, 0.29) is 6.04 Å². The fraction of sp³-hybridized carbons (Fsp3) is 0.667. The van der Waals surface area contributed by atoms with Crippen molar-refractivity contribution in [2.45, 2.75) is 38.4 Å². The fourth-order valence-electron chi connectivity index (χ4n) is 1.80. The molecule has 2 atom stereocenters. The third-order valence-electron chi connectivity index (χ3n) is 3.35. The molecule has 102 valence electrons. The predicted octanol–water partition coefficient (Wildman–Crippen LogP) is -0.167. The molecule has 1 heterocycles. The summed E-state index contributed by atoms with van der Waals surface area (Å²) in [6, 6.07) is 0.143. The Morgan fingerprint density at radius 3 is 2.72 bits per heavy atom. The van der Waals surface area contributed by atoms with E-state index in [0.29, 0.717) is 13.0 Å². The topological polar surface area (TPSA) is 90.2 Å². The summed E-state index contributed by atoms with van der Waals surface area (Å²) in [4.78, 5) is 17.6. The van der Waals surface area contributed by atoms with Crippen LogP contribution in [0.15, 0.2) is 12.4 Å². The number of aromatic nitrogens is 2. The van der Waals surface area contributed by atoms with Crippen molar-refractivity contribution in [1.82, 2.24) is 14.5 Å². The van der Waals surface area contributed by atoms with Crippen molar-refractivity contribution in [2.75, 3.05) is 7.05 Å². The predicted molar refractivity (Wildman–Crippen MR) is 70.5 cm³/mol. The van der Waals surface area contributed by atoms with Gasteiger partial charge in [-0.05, 0) is 27.3 Å². The summed E-state index contributed by atoms with van der Waals surface area (Å²) < 4.78 is 1.97. The maximum Gasteiger partial charge on any atom is 0.237 e. The molecule has 1 aromatic heterocycles. The molecule has 0 saturated carbocycles. The Hall–Kier alpha value is -1.40. The van der Waals surface area contributed by atoms with Gasteiger partial charge in [0.25, 0.3) is 0 Å². The van der Waals surface area contributed by atoms with E-state index < -0.39 is 11.4 Å². The number of carbonyl (C=O) groups excluding carboxylic acids is 1. The molecule has 0 radical (unpaired) electrons. The van der Waals surface area contributed by atoms with E-state index in [4.69, 9.17) is 11.5 Å². The lowest BCUT2D eigenvalue weighted by atomic mass is 9.93. The second-order valence-electron chi connectivity index (χ2n) is 5.20. The molecule has 0 saturated heterocycles. The van der Waals surface area contributed by atoms with Crippen LogP contribution in [0.1, 0.15) is 26.1 Å². The van der Waals surface area contributed by atoms with Crippen LogP contribution < -0.4 is 11.5 Å². The van der Waals surface area contributed by atoms with E-state index in [2.05, 4.69) is 9.88 Å². The molecule has 0 aliphatic heterocycles. The maximum atomic E-state index is 11.2. The Bertz CT molecular complexity index is 412. The Morgan fingerprint density at radius 2 is 2.28 bits per heavy atom. The van der Waals surface area contributed by atoms with E-state index in [1.807, 2.05) is 31.8 Å². The van der Waals surface area contributed by atoms with E-state index >= 15 is 0 Å². The second-order valence-corrected chi connectivity index (χ2v) is 5.20. The van der Waals surface area contributed by atoms with Crippen LogP contribution in [-0.4, -0.2) is 39.0 Å². The summed E-state index contributed by atoms with van der Waals surface area (Å²) in [5.41, 5.74) is 10.2. The van der Waals surface area contributed by atoms with E-state index in [9.17, 15) is 4.79 Å². The molecule has 0 fully saturated rings. The van der Waals surface area contributed by atoms with Gasteiger partial charge in [0.05, 0.1) is 12.1 Å². The zero-order valence-corrected chi connectivity index (χ0v) is 11.6. The van der Waals surface area contributed by atoms with Crippen molar-refractivity contribution in [3.05, 3.63) is 18.2 Å². The highest BCUT2D eigenvalue weighted by Crippen LogP contribution is 2.14. The van der Waals surface area contributed by atoms with Crippen molar-refractivity contribution < 1.29 is 4.79 Å². The molecular weight excluding hydrogens is 230 g/mol. The number of amides is 1. The summed E-state index contributed by atoms with van der Waals surface area (Å²) >= 11 is 0. The first-order valence-electron chi connectivity index (χ1n) is 5.99. The van der Waals surface area contributed by atoms with Crippen molar-refractivity contribution >= 4 is 5.91 Å². The van der Waals surface area contributed by atoms with Gasteiger partial charge in [0.15, 0.2) is 0 Å². The van der Waals surface area contributed by atoms with Crippen LogP contribution in [0.3, 0.4) is 0 Å². The lowest BCUT2D eigenvalue weighted by Crippen LogP contribution is -2.52. The summed E-state index contributed by atoms with van der Waals surface area (Å²) in [5, 5.41) is 0. The summed E-state index contributed by atoms with van der Waals surface area (Å²) in [5.74, 6) is 0.502. The summed E-state index contributed by atoms with van der Waals surface area (Å²) in [7, 11) is 3.94. The number of nitrogens with two attached hydrogens (primary N) is 2. The molecule has 0 bridgehead atoms. The molecule has 0 aliphatic carbocycles. The third kappa shape index (κ3) is 3.54. The summed E-state index contributed by atoms with van der Waals surface area (Å²) in [6.07, 6.45) is 4.19. The number of rotatable bonds is 6. The highest BCUT2D eigenvalue weighted by molar-refractivity contribution is 5.83. The van der Waals surface area contributed by atoms with Crippen molar-refractivity contribution in [1.29, 1.82) is 0 Å². The Kier molecular flexibility index (Phi) is 4.48. The lowest BCUT2D eigenvalue weighted by molar-refractivity contribution is -0.123. The van der Waals surface area contributed by atoms with Crippen LogP contribution in [0.25, 0.3) is 0 Å². The molecule has 1 amide bonds. The molecule has 0 aliphatic rings. The van der Waals surface area contributed by atoms with E-state index in [1.165, 1.54) is 0 Å². The van der Waals surface area contributed by atoms with Gasteiger partial charge in [0.2, 0.25) is 5.91 Å². The largest absolute Gasteiger partial charge is 0.368 e. The summed E-state index contributed by atoms with van der Waals surface area (Å²) in [6.45, 7) is 4.40. The molecule has 0 spiro atoms. The van der Waals surface area contributed by atoms with Gasteiger partial charge in [0.1, 0.15) is 5.82 Å². The SMILES string of the molecule is CC(CC(C)(N)C(N)=O)N(C)Cc1nccn1C. The average Bonchev–Trinajstić information content (AvgIpc) is 2.63. The van der Waals surface area contributed by atoms with Crippen LogP contribution in [0, 0.1) is 0 Å². The minimum atomic E-state index is -0.977. The molecular formula is C12H23N5O. The molecule has 6 nitrogen and oxygen atoms in total. The quantitative estimate of drug-likeness (QED) is 0.736. The van der Waals surface area contributed by atoms with Gasteiger partial charge in [-0.1, -0.05) is 0 Å². The Balaban J connectivity index is 2.60. The number of hydrogen-bond donors (Lipinski definition) is 2. The smallest absolute Gasteiger partial charge is 0.237 e. The van der Waals surface area contributed by atoms with Crippen LogP contribution in [-0.2, 0) is 18.4 Å². The molecule has 18 heavy (non-hydrogen) atoms. The number of hydrogen-bond acceptors (Lipinski definition) is 4. The molecule has 0 aromatic carbocycles. The van der Waals surface area contributed by atoms with E-state index in [1.54, 1.807) is 13.1 Å². The number of aryl methyl sites for hydroxylation is 1. The minimum absolute atomic E-state index is 0.143. The number of nitrogens with zero attached hydrogens (tertiary/aromatic N) is 3. The van der Waals surface area contributed by atoms with E-state index in [0.717, 1.165) is 5.82 Å². The monoisotopic (exact) mass is 253 g/mol. The van der Waals surface area contributed by atoms with Crippen molar-refractivity contribution in [3.63, 3.8) is 0 Å². The molecule has 4 N–H and O–H groups in total. The van der Waals surface area contributed by atoms with Crippen LogP contribution in [0.2, 0.25) is 0 Å². The first kappa shape index (κ1) is 14.7. The van der Waals surface area contributed by atoms with Crippen LogP contribution >= 0.6 is 0 Å². The zero-order chi connectivity index (χ0) is 13.9. The first-order valence-corrected chi connectivity index (χ1v) is 5.99. The van der Waals surface area contributed by atoms with Gasteiger partial charge in [-0.25, -0.2) is 4.98 Å². The minimum Gasteiger partial charge on any atom is -0.368 e.